The van der Waals surface area contributed by atoms with Crippen LogP contribution in [0.4, 0.5) is 4.79 Å². The standard InChI is InChI=1S/C21H27N3O2/c1-14-8-5-6-9-17(14)19-10-7-11-24(19)21(25)23-13-18-16(3)20(26-4)15(2)12-22-18/h5-6,8-9,12,19H,7,10-11,13H2,1-4H3,(H,23,25). The molecule has 0 bridgehead atoms. The molecular weight excluding hydrogens is 326 g/mol. The number of aryl methyl sites for hydroxylation is 2. The van der Waals surface area contributed by atoms with Gasteiger partial charge in [0.05, 0.1) is 25.4 Å². The van der Waals surface area contributed by atoms with Gasteiger partial charge in [0.15, 0.2) is 0 Å². The van der Waals surface area contributed by atoms with Crippen LogP contribution in [0.5, 0.6) is 5.75 Å². The number of methoxy groups -OCH3 is 1. The summed E-state index contributed by atoms with van der Waals surface area (Å²) in [5.74, 6) is 0.836. The molecule has 1 fully saturated rings. The highest BCUT2D eigenvalue weighted by molar-refractivity contribution is 5.75. The zero-order valence-electron chi connectivity index (χ0n) is 16.0. The summed E-state index contributed by atoms with van der Waals surface area (Å²) in [7, 11) is 1.66. The van der Waals surface area contributed by atoms with E-state index in [9.17, 15) is 4.79 Å². The predicted octanol–water partition coefficient (Wildman–Crippen LogP) is 4.06. The molecule has 1 saturated heterocycles. The maximum Gasteiger partial charge on any atom is 0.318 e. The molecule has 1 unspecified atom stereocenters. The maximum absolute atomic E-state index is 12.8. The highest BCUT2D eigenvalue weighted by Crippen LogP contribution is 2.33. The lowest BCUT2D eigenvalue weighted by atomic mass is 9.99. The zero-order valence-corrected chi connectivity index (χ0v) is 16.0. The fourth-order valence-corrected chi connectivity index (χ4v) is 3.80. The van der Waals surface area contributed by atoms with Gasteiger partial charge in [0, 0.05) is 23.9 Å². The lowest BCUT2D eigenvalue weighted by Gasteiger charge is -2.26. The maximum atomic E-state index is 12.8. The summed E-state index contributed by atoms with van der Waals surface area (Å²) in [5, 5.41) is 3.04. The topological polar surface area (TPSA) is 54.5 Å². The Kier molecular flexibility index (Phi) is 5.45. The number of benzene rings is 1. The molecule has 26 heavy (non-hydrogen) atoms. The molecule has 1 N–H and O–H groups in total. The number of aromatic nitrogens is 1. The molecule has 138 valence electrons. The van der Waals surface area contributed by atoms with Crippen molar-refractivity contribution in [1.82, 2.24) is 15.2 Å². The van der Waals surface area contributed by atoms with Crippen molar-refractivity contribution < 1.29 is 9.53 Å². The molecule has 2 amide bonds. The molecule has 0 aliphatic carbocycles. The van der Waals surface area contributed by atoms with E-state index in [1.807, 2.05) is 30.9 Å². The van der Waals surface area contributed by atoms with Gasteiger partial charge in [-0.2, -0.15) is 0 Å². The largest absolute Gasteiger partial charge is 0.496 e. The molecule has 0 radical (unpaired) electrons. The van der Waals surface area contributed by atoms with Gasteiger partial charge >= 0.3 is 6.03 Å². The van der Waals surface area contributed by atoms with Crippen LogP contribution >= 0.6 is 0 Å². The summed E-state index contributed by atoms with van der Waals surface area (Å²) in [5.41, 5.74) is 5.29. The third-order valence-corrected chi connectivity index (χ3v) is 5.22. The third-order valence-electron chi connectivity index (χ3n) is 5.22. The Balaban J connectivity index is 1.71. The van der Waals surface area contributed by atoms with E-state index < -0.39 is 0 Å². The number of ether oxygens (including phenoxy) is 1. The van der Waals surface area contributed by atoms with Crippen LogP contribution in [0.2, 0.25) is 0 Å². The number of urea groups is 1. The van der Waals surface area contributed by atoms with Gasteiger partial charge in [-0.15, -0.1) is 0 Å². The first kappa shape index (κ1) is 18.2. The van der Waals surface area contributed by atoms with E-state index in [1.54, 1.807) is 13.3 Å². The zero-order chi connectivity index (χ0) is 18.7. The van der Waals surface area contributed by atoms with Gasteiger partial charge in [0.25, 0.3) is 0 Å². The Bertz CT molecular complexity index is 804. The minimum atomic E-state index is -0.0310. The second kappa shape index (κ2) is 7.77. The van der Waals surface area contributed by atoms with Gasteiger partial charge in [0.2, 0.25) is 0 Å². The SMILES string of the molecule is COc1c(C)cnc(CNC(=O)N2CCCC2c2ccccc2C)c1C. The van der Waals surface area contributed by atoms with E-state index in [1.165, 1.54) is 11.1 Å². The lowest BCUT2D eigenvalue weighted by molar-refractivity contribution is 0.192. The van der Waals surface area contributed by atoms with E-state index in [0.29, 0.717) is 6.54 Å². The van der Waals surface area contributed by atoms with Gasteiger partial charge in [-0.05, 0) is 44.7 Å². The Hall–Kier alpha value is -2.56. The van der Waals surface area contributed by atoms with Crippen LogP contribution in [0, 0.1) is 20.8 Å². The molecule has 1 aliphatic heterocycles. The Morgan fingerprint density at radius 2 is 2.04 bits per heavy atom. The van der Waals surface area contributed by atoms with E-state index >= 15 is 0 Å². The average molecular weight is 353 g/mol. The van der Waals surface area contributed by atoms with Gasteiger partial charge in [-0.25, -0.2) is 4.79 Å². The number of carbonyl (C=O) groups excluding carboxylic acids is 1. The summed E-state index contributed by atoms with van der Waals surface area (Å²) >= 11 is 0. The van der Waals surface area contributed by atoms with Crippen LogP contribution in [0.15, 0.2) is 30.5 Å². The van der Waals surface area contributed by atoms with Crippen LogP contribution in [0.1, 0.15) is 46.8 Å². The van der Waals surface area contributed by atoms with Gasteiger partial charge in [-0.1, -0.05) is 24.3 Å². The predicted molar refractivity (Wildman–Crippen MR) is 102 cm³/mol. The van der Waals surface area contributed by atoms with Gasteiger partial charge in [0.1, 0.15) is 5.75 Å². The number of likely N-dealkylation sites (tertiary alicyclic amines) is 1. The van der Waals surface area contributed by atoms with Crippen LogP contribution in [-0.4, -0.2) is 29.6 Å². The van der Waals surface area contributed by atoms with E-state index in [2.05, 4.69) is 29.4 Å². The molecule has 2 heterocycles. The lowest BCUT2D eigenvalue weighted by Crippen LogP contribution is -2.39. The molecular formula is C21H27N3O2. The monoisotopic (exact) mass is 353 g/mol. The Labute approximate surface area is 155 Å². The fraction of sp³-hybridized carbons (Fsp3) is 0.429. The second-order valence-electron chi connectivity index (χ2n) is 6.91. The summed E-state index contributed by atoms with van der Waals surface area (Å²) in [6.45, 7) is 7.24. The molecule has 1 atom stereocenters. The molecule has 5 nitrogen and oxygen atoms in total. The van der Waals surface area contributed by atoms with Crippen molar-refractivity contribution in [3.8, 4) is 5.75 Å². The number of hydrogen-bond donors (Lipinski definition) is 1. The smallest absolute Gasteiger partial charge is 0.318 e. The summed E-state index contributed by atoms with van der Waals surface area (Å²) in [6, 6.07) is 8.44. The van der Waals surface area contributed by atoms with Crippen LogP contribution in [0.25, 0.3) is 0 Å². The number of rotatable bonds is 4. The van der Waals surface area contributed by atoms with Gasteiger partial charge in [-0.3, -0.25) is 4.98 Å². The van der Waals surface area contributed by atoms with E-state index in [0.717, 1.165) is 42.0 Å². The quantitative estimate of drug-likeness (QED) is 0.902. The summed E-state index contributed by atoms with van der Waals surface area (Å²) in [6.07, 6.45) is 3.83. The van der Waals surface area contributed by atoms with Crippen molar-refractivity contribution >= 4 is 6.03 Å². The second-order valence-corrected chi connectivity index (χ2v) is 6.91. The van der Waals surface area contributed by atoms with E-state index in [4.69, 9.17) is 4.74 Å². The number of pyridine rings is 1. The van der Waals surface area contributed by atoms with Crippen molar-refractivity contribution in [3.05, 3.63) is 58.4 Å². The summed E-state index contributed by atoms with van der Waals surface area (Å²) < 4.78 is 5.45. The first-order chi connectivity index (χ1) is 12.5. The molecule has 3 rings (SSSR count). The first-order valence-corrected chi connectivity index (χ1v) is 9.12. The van der Waals surface area contributed by atoms with Crippen LogP contribution < -0.4 is 10.1 Å². The van der Waals surface area contributed by atoms with Crippen LogP contribution in [0.3, 0.4) is 0 Å². The minimum Gasteiger partial charge on any atom is -0.496 e. The van der Waals surface area contributed by atoms with E-state index in [-0.39, 0.29) is 12.1 Å². The molecule has 0 saturated carbocycles. The minimum absolute atomic E-state index is 0.0310. The van der Waals surface area contributed by atoms with Crippen molar-refractivity contribution in [2.45, 2.75) is 46.2 Å². The van der Waals surface area contributed by atoms with Crippen molar-refractivity contribution in [3.63, 3.8) is 0 Å². The normalized spacial score (nSPS) is 16.6. The number of carbonyl (C=O) groups is 1. The highest BCUT2D eigenvalue weighted by Gasteiger charge is 2.30. The molecule has 0 spiro atoms. The number of nitrogens with one attached hydrogen (secondary N) is 1. The first-order valence-electron chi connectivity index (χ1n) is 9.12. The van der Waals surface area contributed by atoms with Crippen molar-refractivity contribution in [2.75, 3.05) is 13.7 Å². The number of amides is 2. The van der Waals surface area contributed by atoms with Crippen molar-refractivity contribution in [2.24, 2.45) is 0 Å². The summed E-state index contributed by atoms with van der Waals surface area (Å²) in [4.78, 5) is 19.2. The van der Waals surface area contributed by atoms with Gasteiger partial charge < -0.3 is 15.0 Å². The number of hydrogen-bond acceptors (Lipinski definition) is 3. The highest BCUT2D eigenvalue weighted by atomic mass is 16.5. The number of nitrogens with zero attached hydrogens (tertiary/aromatic N) is 2. The molecule has 5 heteroatoms. The fourth-order valence-electron chi connectivity index (χ4n) is 3.80. The molecule has 1 aromatic heterocycles. The van der Waals surface area contributed by atoms with Crippen molar-refractivity contribution in [1.29, 1.82) is 0 Å². The Morgan fingerprint density at radius 3 is 2.77 bits per heavy atom. The average Bonchev–Trinajstić information content (AvgIpc) is 3.11. The molecule has 1 aliphatic rings. The third kappa shape index (κ3) is 3.52. The van der Waals surface area contributed by atoms with Crippen LogP contribution in [-0.2, 0) is 6.54 Å². The molecule has 1 aromatic carbocycles. The molecule has 2 aromatic rings. The Morgan fingerprint density at radius 1 is 1.27 bits per heavy atom.